The van der Waals surface area contributed by atoms with Gasteiger partial charge in [-0.15, -0.1) is 0 Å². The summed E-state index contributed by atoms with van der Waals surface area (Å²) in [5.74, 6) is -0.302. The zero-order valence-corrected chi connectivity index (χ0v) is 24.1. The molecule has 0 atom stereocenters. The number of ether oxygens (including phenoxy) is 3. The fourth-order valence-electron chi connectivity index (χ4n) is 4.09. The third kappa shape index (κ3) is 7.77. The van der Waals surface area contributed by atoms with E-state index >= 15 is 0 Å². The molecule has 40 heavy (non-hydrogen) atoms. The minimum atomic E-state index is -0.907. The zero-order chi connectivity index (χ0) is 29.9. The first kappa shape index (κ1) is 31.7. The van der Waals surface area contributed by atoms with Gasteiger partial charge < -0.3 is 24.4 Å². The maximum Gasteiger partial charge on any atom is 0.407 e. The van der Waals surface area contributed by atoms with Crippen LogP contribution in [0.1, 0.15) is 59.9 Å². The van der Waals surface area contributed by atoms with Gasteiger partial charge in [0.2, 0.25) is 0 Å². The number of hydrogen-bond donors (Lipinski definition) is 1. The van der Waals surface area contributed by atoms with Crippen LogP contribution in [0.5, 0.6) is 0 Å². The summed E-state index contributed by atoms with van der Waals surface area (Å²) in [6, 6.07) is 13.3. The second kappa shape index (κ2) is 14.1. The summed E-state index contributed by atoms with van der Waals surface area (Å²) in [4.78, 5) is 26.1. The van der Waals surface area contributed by atoms with Gasteiger partial charge in [0.05, 0.1) is 18.5 Å². The SMILES string of the molecule is CCCN(CCOC(=O)NCCOC(=O)C(C)(C)CC)c1ccc(C2=C(C#N)C(=C(C#N)C#N)OC2(C)C)cc1. The standard InChI is InChI=1S/C30H37N5O5/c1-7-14-35(15-17-39-28(37)34-13-16-38-27(36)29(3,4)8-2)23-11-9-21(10-12-23)25-24(20-33)26(22(18-31)19-32)40-30(25,5)6/h9-12H,7-8,13-17H2,1-6H3,(H,34,37). The lowest BCUT2D eigenvalue weighted by Gasteiger charge is -2.26. The molecule has 0 spiro atoms. The lowest BCUT2D eigenvalue weighted by Crippen LogP contribution is -2.34. The van der Waals surface area contributed by atoms with Gasteiger partial charge in [-0.2, -0.15) is 15.8 Å². The number of anilines is 1. The molecule has 1 aromatic carbocycles. The molecule has 1 heterocycles. The minimum Gasteiger partial charge on any atom is -0.480 e. The molecule has 0 radical (unpaired) electrons. The Labute approximate surface area is 236 Å². The molecule has 1 aliphatic rings. The van der Waals surface area contributed by atoms with E-state index in [9.17, 15) is 25.4 Å². The fourth-order valence-corrected chi connectivity index (χ4v) is 4.09. The topological polar surface area (TPSA) is 148 Å². The number of carbonyl (C=O) groups excluding carboxylic acids is 2. The van der Waals surface area contributed by atoms with Crippen LogP contribution in [-0.4, -0.2) is 50.5 Å². The van der Waals surface area contributed by atoms with Crippen LogP contribution < -0.4 is 10.2 Å². The Bertz CT molecular complexity index is 1260. The summed E-state index contributed by atoms with van der Waals surface area (Å²) in [6.07, 6.45) is 0.944. The Morgan fingerprint density at radius 1 is 1.02 bits per heavy atom. The molecule has 0 saturated heterocycles. The maximum atomic E-state index is 12.1. The van der Waals surface area contributed by atoms with E-state index < -0.39 is 17.1 Å². The lowest BCUT2D eigenvalue weighted by molar-refractivity contribution is -0.153. The van der Waals surface area contributed by atoms with Crippen LogP contribution in [0, 0.1) is 39.4 Å². The highest BCUT2D eigenvalue weighted by Gasteiger charge is 2.40. The number of nitriles is 3. The summed E-state index contributed by atoms with van der Waals surface area (Å²) in [5, 5.41) is 31.0. The van der Waals surface area contributed by atoms with Crippen LogP contribution in [0.2, 0.25) is 0 Å². The molecule has 0 saturated carbocycles. The Kier molecular flexibility index (Phi) is 11.1. The number of amides is 1. The summed E-state index contributed by atoms with van der Waals surface area (Å²) in [6.45, 7) is 12.7. The third-order valence-corrected chi connectivity index (χ3v) is 6.65. The van der Waals surface area contributed by atoms with Gasteiger partial charge in [0.25, 0.3) is 0 Å². The molecule has 0 aromatic heterocycles. The highest BCUT2D eigenvalue weighted by molar-refractivity contribution is 5.84. The van der Waals surface area contributed by atoms with Gasteiger partial charge in [-0.1, -0.05) is 26.0 Å². The van der Waals surface area contributed by atoms with Crippen molar-refractivity contribution in [3.8, 4) is 18.2 Å². The van der Waals surface area contributed by atoms with Crippen LogP contribution in [0.15, 0.2) is 41.2 Å². The summed E-state index contributed by atoms with van der Waals surface area (Å²) < 4.78 is 16.4. The van der Waals surface area contributed by atoms with Gasteiger partial charge in [0.15, 0.2) is 11.3 Å². The summed E-state index contributed by atoms with van der Waals surface area (Å²) in [7, 11) is 0. The van der Waals surface area contributed by atoms with Gasteiger partial charge >= 0.3 is 12.1 Å². The molecule has 10 nitrogen and oxygen atoms in total. The van der Waals surface area contributed by atoms with Gasteiger partial charge in [0.1, 0.15) is 42.6 Å². The van der Waals surface area contributed by atoms with Crippen LogP contribution >= 0.6 is 0 Å². The molecule has 2 rings (SSSR count). The van der Waals surface area contributed by atoms with E-state index in [0.29, 0.717) is 18.5 Å². The van der Waals surface area contributed by atoms with Gasteiger partial charge in [0, 0.05) is 17.8 Å². The first-order valence-electron chi connectivity index (χ1n) is 13.3. The second-order valence-corrected chi connectivity index (χ2v) is 10.4. The lowest BCUT2D eigenvalue weighted by atomic mass is 9.89. The highest BCUT2D eigenvalue weighted by Crippen LogP contribution is 2.45. The van der Waals surface area contributed by atoms with Crippen molar-refractivity contribution in [3.05, 3.63) is 46.7 Å². The van der Waals surface area contributed by atoms with Crippen molar-refractivity contribution < 1.29 is 23.8 Å². The predicted molar refractivity (Wildman–Crippen MR) is 149 cm³/mol. The normalized spacial score (nSPS) is 13.8. The Balaban J connectivity index is 2.03. The van der Waals surface area contributed by atoms with Gasteiger partial charge in [-0.05, 0) is 58.2 Å². The molecule has 1 aliphatic heterocycles. The van der Waals surface area contributed by atoms with E-state index in [4.69, 9.17) is 14.2 Å². The highest BCUT2D eigenvalue weighted by atomic mass is 16.6. The molecule has 1 N–H and O–H groups in total. The van der Waals surface area contributed by atoms with E-state index in [1.54, 1.807) is 26.0 Å². The number of carbonyl (C=O) groups is 2. The largest absolute Gasteiger partial charge is 0.480 e. The number of nitrogens with zero attached hydrogens (tertiary/aromatic N) is 4. The number of benzene rings is 1. The van der Waals surface area contributed by atoms with Crippen molar-refractivity contribution in [2.24, 2.45) is 5.41 Å². The quantitative estimate of drug-likeness (QED) is 0.217. The smallest absolute Gasteiger partial charge is 0.407 e. The molecular formula is C30H37N5O5. The van der Waals surface area contributed by atoms with Crippen molar-refractivity contribution >= 4 is 23.3 Å². The molecule has 0 aliphatic carbocycles. The molecule has 0 bridgehead atoms. The van der Waals surface area contributed by atoms with Crippen LogP contribution in [0.3, 0.4) is 0 Å². The van der Waals surface area contributed by atoms with Crippen molar-refractivity contribution in [2.45, 2.75) is 60.0 Å². The van der Waals surface area contributed by atoms with Gasteiger partial charge in [-0.3, -0.25) is 4.79 Å². The van der Waals surface area contributed by atoms with Crippen molar-refractivity contribution in [2.75, 3.05) is 37.7 Å². The average molecular weight is 548 g/mol. The first-order valence-corrected chi connectivity index (χ1v) is 13.3. The number of rotatable bonds is 12. The number of alkyl carbamates (subject to hydrolysis) is 1. The average Bonchev–Trinajstić information content (AvgIpc) is 3.21. The third-order valence-electron chi connectivity index (χ3n) is 6.65. The zero-order valence-electron chi connectivity index (χ0n) is 24.1. The van der Waals surface area contributed by atoms with E-state index in [1.165, 1.54) is 0 Å². The van der Waals surface area contributed by atoms with E-state index in [2.05, 4.69) is 16.3 Å². The summed E-state index contributed by atoms with van der Waals surface area (Å²) in [5.41, 5.74) is 0.712. The number of nitrogens with one attached hydrogen (secondary N) is 1. The first-order chi connectivity index (χ1) is 18.9. The van der Waals surface area contributed by atoms with Crippen LogP contribution in [0.4, 0.5) is 10.5 Å². The number of hydrogen-bond acceptors (Lipinski definition) is 9. The minimum absolute atomic E-state index is 0.00238. The van der Waals surface area contributed by atoms with Crippen LogP contribution in [-0.2, 0) is 19.0 Å². The summed E-state index contributed by atoms with van der Waals surface area (Å²) >= 11 is 0. The van der Waals surface area contributed by atoms with Crippen LogP contribution in [0.25, 0.3) is 5.57 Å². The molecule has 1 amide bonds. The maximum absolute atomic E-state index is 12.1. The van der Waals surface area contributed by atoms with Crippen molar-refractivity contribution in [1.82, 2.24) is 5.32 Å². The second-order valence-electron chi connectivity index (χ2n) is 10.4. The monoisotopic (exact) mass is 547 g/mol. The van der Waals surface area contributed by atoms with E-state index in [1.807, 2.05) is 52.0 Å². The predicted octanol–water partition coefficient (Wildman–Crippen LogP) is 5.00. The van der Waals surface area contributed by atoms with Gasteiger partial charge in [-0.25, -0.2) is 4.79 Å². The molecule has 1 aromatic rings. The molecule has 10 heteroatoms. The molecular weight excluding hydrogens is 510 g/mol. The Morgan fingerprint density at radius 2 is 1.68 bits per heavy atom. The Morgan fingerprint density at radius 3 is 2.23 bits per heavy atom. The van der Waals surface area contributed by atoms with E-state index in [-0.39, 0.29) is 42.6 Å². The molecule has 0 unspecified atom stereocenters. The number of allylic oxidation sites excluding steroid dienone is 2. The number of esters is 1. The molecule has 0 fully saturated rings. The van der Waals surface area contributed by atoms with E-state index in [0.717, 1.165) is 24.2 Å². The fraction of sp³-hybridized carbons (Fsp3) is 0.500. The van der Waals surface area contributed by atoms with Crippen molar-refractivity contribution in [1.29, 1.82) is 15.8 Å². The Hall–Kier alpha value is -4.49. The van der Waals surface area contributed by atoms with Crippen molar-refractivity contribution in [3.63, 3.8) is 0 Å². The molecule has 212 valence electrons.